The van der Waals surface area contributed by atoms with E-state index in [4.69, 9.17) is 23.7 Å². The van der Waals surface area contributed by atoms with E-state index in [0.29, 0.717) is 34.5 Å². The van der Waals surface area contributed by atoms with Gasteiger partial charge in [0, 0.05) is 23.2 Å². The van der Waals surface area contributed by atoms with Gasteiger partial charge in [0.05, 0.1) is 39.1 Å². The Morgan fingerprint density at radius 3 is 2.47 bits per heavy atom. The van der Waals surface area contributed by atoms with E-state index >= 15 is 0 Å². The third kappa shape index (κ3) is 3.64. The van der Waals surface area contributed by atoms with Gasteiger partial charge in [-0.2, -0.15) is 5.16 Å². The third-order valence-electron chi connectivity index (χ3n) is 4.56. The second kappa shape index (κ2) is 8.16. The maximum atomic E-state index is 11.3. The first kappa shape index (κ1) is 19.3. The van der Waals surface area contributed by atoms with Crippen LogP contribution in [0.1, 0.15) is 5.76 Å². The van der Waals surface area contributed by atoms with Gasteiger partial charge in [-0.3, -0.25) is 9.78 Å². The van der Waals surface area contributed by atoms with Crippen LogP contribution in [0.2, 0.25) is 0 Å². The summed E-state index contributed by atoms with van der Waals surface area (Å²) >= 11 is 0. The minimum Gasteiger partial charge on any atom is -0.493 e. The van der Waals surface area contributed by atoms with Crippen LogP contribution in [0.5, 0.6) is 17.2 Å². The highest BCUT2D eigenvalue weighted by Gasteiger charge is 2.16. The van der Waals surface area contributed by atoms with Crippen LogP contribution in [0.25, 0.3) is 22.2 Å². The molecule has 0 spiro atoms. The number of fused-ring (bicyclic) bond motifs is 1. The van der Waals surface area contributed by atoms with Crippen LogP contribution in [0.4, 0.5) is 5.82 Å². The van der Waals surface area contributed by atoms with Crippen LogP contribution in [-0.4, -0.2) is 36.5 Å². The largest absolute Gasteiger partial charge is 0.493 e. The molecule has 0 atom stereocenters. The molecule has 4 rings (SSSR count). The van der Waals surface area contributed by atoms with Crippen molar-refractivity contribution in [2.24, 2.45) is 0 Å². The molecule has 30 heavy (non-hydrogen) atoms. The number of anilines is 1. The molecule has 2 N–H and O–H groups in total. The SMILES string of the molecule is COc1cc(-c2cc3ncccc3c(NCc3cc(=O)[nH]o3)n2)cc(OC)c1OC. The van der Waals surface area contributed by atoms with Crippen LogP contribution in [-0.2, 0) is 6.54 Å². The highest BCUT2D eigenvalue weighted by molar-refractivity contribution is 5.92. The Hall–Kier alpha value is -4.01. The summed E-state index contributed by atoms with van der Waals surface area (Å²) in [6, 6.07) is 10.7. The van der Waals surface area contributed by atoms with Crippen LogP contribution in [0.3, 0.4) is 0 Å². The lowest BCUT2D eigenvalue weighted by Crippen LogP contribution is -2.03. The zero-order valence-corrected chi connectivity index (χ0v) is 16.7. The van der Waals surface area contributed by atoms with E-state index in [9.17, 15) is 4.79 Å². The fraction of sp³-hybridized carbons (Fsp3) is 0.190. The van der Waals surface area contributed by atoms with E-state index in [-0.39, 0.29) is 12.1 Å². The average molecular weight is 408 g/mol. The Bertz CT molecular complexity index is 1220. The number of H-pyrrole nitrogens is 1. The minimum absolute atomic E-state index is 0.286. The van der Waals surface area contributed by atoms with Gasteiger partial charge < -0.3 is 24.1 Å². The van der Waals surface area contributed by atoms with E-state index in [1.165, 1.54) is 6.07 Å². The number of rotatable bonds is 7. The van der Waals surface area contributed by atoms with E-state index < -0.39 is 0 Å². The molecule has 0 aliphatic carbocycles. The van der Waals surface area contributed by atoms with Crippen molar-refractivity contribution in [2.75, 3.05) is 26.6 Å². The van der Waals surface area contributed by atoms with Crippen molar-refractivity contribution in [2.45, 2.75) is 6.54 Å². The van der Waals surface area contributed by atoms with E-state index in [2.05, 4.69) is 15.5 Å². The molecule has 0 unspecified atom stereocenters. The molecule has 0 saturated heterocycles. The number of pyridine rings is 2. The molecule has 0 aliphatic heterocycles. The highest BCUT2D eigenvalue weighted by Crippen LogP contribution is 2.41. The summed E-state index contributed by atoms with van der Waals surface area (Å²) in [5.74, 6) is 2.63. The summed E-state index contributed by atoms with van der Waals surface area (Å²) in [5, 5.41) is 6.33. The number of ether oxygens (including phenoxy) is 3. The number of hydrogen-bond donors (Lipinski definition) is 2. The average Bonchev–Trinajstić information content (AvgIpc) is 3.21. The molecule has 154 valence electrons. The molecule has 0 saturated carbocycles. The second-order valence-corrected chi connectivity index (χ2v) is 6.37. The first-order chi connectivity index (χ1) is 14.6. The quantitative estimate of drug-likeness (QED) is 0.479. The first-order valence-electron chi connectivity index (χ1n) is 9.10. The second-order valence-electron chi connectivity index (χ2n) is 6.37. The van der Waals surface area contributed by atoms with Crippen molar-refractivity contribution in [3.8, 4) is 28.5 Å². The fourth-order valence-electron chi connectivity index (χ4n) is 3.17. The zero-order valence-electron chi connectivity index (χ0n) is 16.7. The molecule has 1 aromatic carbocycles. The number of nitrogens with one attached hydrogen (secondary N) is 2. The smallest absolute Gasteiger partial charge is 0.280 e. The summed E-state index contributed by atoms with van der Waals surface area (Å²) < 4.78 is 21.4. The van der Waals surface area contributed by atoms with Crippen molar-refractivity contribution < 1.29 is 18.7 Å². The number of methoxy groups -OCH3 is 3. The van der Waals surface area contributed by atoms with Gasteiger partial charge in [0.1, 0.15) is 5.82 Å². The molecular formula is C21H20N4O5. The van der Waals surface area contributed by atoms with E-state index in [0.717, 1.165) is 16.5 Å². The number of hydrogen-bond acceptors (Lipinski definition) is 8. The summed E-state index contributed by atoms with van der Waals surface area (Å²) in [7, 11) is 4.68. The number of aromatic nitrogens is 3. The van der Waals surface area contributed by atoms with Crippen LogP contribution < -0.4 is 25.1 Å². The van der Waals surface area contributed by atoms with Crippen LogP contribution in [0.15, 0.2) is 51.9 Å². The van der Waals surface area contributed by atoms with Crippen molar-refractivity contribution in [1.29, 1.82) is 0 Å². The maximum absolute atomic E-state index is 11.3. The molecule has 4 aromatic rings. The fourth-order valence-corrected chi connectivity index (χ4v) is 3.17. The predicted octanol–water partition coefficient (Wildman–Crippen LogP) is 3.22. The van der Waals surface area contributed by atoms with Gasteiger partial charge in [-0.15, -0.1) is 0 Å². The highest BCUT2D eigenvalue weighted by atomic mass is 16.5. The minimum atomic E-state index is -0.294. The summed E-state index contributed by atoms with van der Waals surface area (Å²) in [6.07, 6.45) is 1.72. The van der Waals surface area contributed by atoms with Crippen molar-refractivity contribution >= 4 is 16.7 Å². The maximum Gasteiger partial charge on any atom is 0.280 e. The normalized spacial score (nSPS) is 10.8. The standard InChI is InChI=1S/C21H20N4O5/c1-27-17-7-12(8-18(28-2)20(17)29-3)15-10-16-14(5-4-6-22-16)21(24-15)23-11-13-9-19(26)25-30-13/h4-10H,11H2,1-3H3,(H,23,24)(H,25,26). The van der Waals surface area contributed by atoms with Crippen LogP contribution >= 0.6 is 0 Å². The molecule has 0 fully saturated rings. The molecule has 0 aliphatic rings. The Kier molecular flexibility index (Phi) is 5.25. The Morgan fingerprint density at radius 1 is 1.07 bits per heavy atom. The van der Waals surface area contributed by atoms with Crippen molar-refractivity contribution in [1.82, 2.24) is 15.1 Å². The van der Waals surface area contributed by atoms with Gasteiger partial charge >= 0.3 is 0 Å². The van der Waals surface area contributed by atoms with Crippen molar-refractivity contribution in [3.05, 3.63) is 58.7 Å². The molecule has 9 nitrogen and oxygen atoms in total. The molecule has 0 radical (unpaired) electrons. The number of aromatic amines is 1. The van der Waals surface area contributed by atoms with Gasteiger partial charge in [-0.25, -0.2) is 4.98 Å². The lowest BCUT2D eigenvalue weighted by molar-refractivity contribution is 0.324. The van der Waals surface area contributed by atoms with Crippen molar-refractivity contribution in [3.63, 3.8) is 0 Å². The molecule has 0 amide bonds. The van der Waals surface area contributed by atoms with E-state index in [1.54, 1.807) is 27.5 Å². The molecular weight excluding hydrogens is 388 g/mol. The summed E-state index contributed by atoms with van der Waals surface area (Å²) in [4.78, 5) is 20.5. The van der Waals surface area contributed by atoms with Gasteiger partial charge in [0.2, 0.25) is 5.75 Å². The number of nitrogens with zero attached hydrogens (tertiary/aromatic N) is 2. The molecule has 9 heteroatoms. The lowest BCUT2D eigenvalue weighted by atomic mass is 10.1. The van der Waals surface area contributed by atoms with Gasteiger partial charge in [-0.05, 0) is 30.3 Å². The lowest BCUT2D eigenvalue weighted by Gasteiger charge is -2.15. The monoisotopic (exact) mass is 408 g/mol. The molecule has 0 bridgehead atoms. The van der Waals surface area contributed by atoms with Gasteiger partial charge in [0.15, 0.2) is 17.3 Å². The Balaban J connectivity index is 1.81. The number of benzene rings is 1. The summed E-state index contributed by atoms with van der Waals surface area (Å²) in [5.41, 5.74) is 1.90. The third-order valence-corrected chi connectivity index (χ3v) is 4.56. The van der Waals surface area contributed by atoms with Crippen LogP contribution in [0, 0.1) is 0 Å². The molecule has 3 aromatic heterocycles. The summed E-state index contributed by atoms with van der Waals surface area (Å²) in [6.45, 7) is 0.286. The topological polar surface area (TPSA) is 112 Å². The van der Waals surface area contributed by atoms with Gasteiger partial charge in [0.25, 0.3) is 5.56 Å². The molecule has 3 heterocycles. The van der Waals surface area contributed by atoms with Gasteiger partial charge in [-0.1, -0.05) is 0 Å². The zero-order chi connectivity index (χ0) is 21.1. The predicted molar refractivity (Wildman–Crippen MR) is 111 cm³/mol. The van der Waals surface area contributed by atoms with E-state index in [1.807, 2.05) is 30.3 Å². The Morgan fingerprint density at radius 2 is 1.83 bits per heavy atom. The first-order valence-corrected chi connectivity index (χ1v) is 9.10. The Labute approximate surface area is 171 Å².